The predicted molar refractivity (Wildman–Crippen MR) is 52.2 cm³/mol. The van der Waals surface area contributed by atoms with Crippen molar-refractivity contribution in [3.63, 3.8) is 0 Å². The molecule has 0 aromatic carbocycles. The number of hydrogen-bond donors (Lipinski definition) is 2. The van der Waals surface area contributed by atoms with Crippen LogP contribution in [0.3, 0.4) is 0 Å². The SMILES string of the molecule is CCN1C(=O)NNC1c1cccn1C. The van der Waals surface area contributed by atoms with Crippen molar-refractivity contribution < 1.29 is 4.79 Å². The van der Waals surface area contributed by atoms with Crippen molar-refractivity contribution in [1.29, 1.82) is 0 Å². The van der Waals surface area contributed by atoms with Gasteiger partial charge in [0.1, 0.15) is 6.17 Å². The van der Waals surface area contributed by atoms with Crippen LogP contribution in [0.15, 0.2) is 18.3 Å². The molecule has 2 amide bonds. The van der Waals surface area contributed by atoms with Gasteiger partial charge in [-0.3, -0.25) is 5.43 Å². The summed E-state index contributed by atoms with van der Waals surface area (Å²) in [6.45, 7) is 2.65. The molecule has 2 heterocycles. The molecule has 2 rings (SSSR count). The molecule has 5 heteroatoms. The highest BCUT2D eigenvalue weighted by molar-refractivity contribution is 5.76. The first-order valence-corrected chi connectivity index (χ1v) is 4.67. The van der Waals surface area contributed by atoms with Crippen LogP contribution in [-0.2, 0) is 7.05 Å². The standard InChI is InChI=1S/C9H14N4O/c1-3-13-8(10-11-9(13)14)7-5-4-6-12(7)2/h4-6,8,10H,3H2,1-2H3,(H,11,14). The number of aryl methyl sites for hydroxylation is 1. The second-order valence-electron chi connectivity index (χ2n) is 3.31. The number of rotatable bonds is 2. The molecule has 1 atom stereocenters. The van der Waals surface area contributed by atoms with Gasteiger partial charge in [0.15, 0.2) is 0 Å². The van der Waals surface area contributed by atoms with E-state index in [9.17, 15) is 4.79 Å². The van der Waals surface area contributed by atoms with E-state index < -0.39 is 0 Å². The summed E-state index contributed by atoms with van der Waals surface area (Å²) in [6.07, 6.45) is 1.90. The number of hydrazine groups is 1. The van der Waals surface area contributed by atoms with Gasteiger partial charge in [0.05, 0.1) is 5.69 Å². The van der Waals surface area contributed by atoms with Crippen molar-refractivity contribution in [2.45, 2.75) is 13.1 Å². The highest BCUT2D eigenvalue weighted by Gasteiger charge is 2.31. The normalized spacial score (nSPS) is 21.4. The number of nitrogens with one attached hydrogen (secondary N) is 2. The fraction of sp³-hybridized carbons (Fsp3) is 0.444. The first-order valence-electron chi connectivity index (χ1n) is 4.67. The number of aromatic nitrogens is 1. The Morgan fingerprint density at radius 3 is 2.93 bits per heavy atom. The molecule has 1 saturated heterocycles. The molecular weight excluding hydrogens is 180 g/mol. The minimum Gasteiger partial charge on any atom is -0.352 e. The smallest absolute Gasteiger partial charge is 0.333 e. The van der Waals surface area contributed by atoms with Gasteiger partial charge in [-0.1, -0.05) is 0 Å². The van der Waals surface area contributed by atoms with Crippen LogP contribution in [0.2, 0.25) is 0 Å². The minimum absolute atomic E-state index is 0.0625. The van der Waals surface area contributed by atoms with E-state index in [2.05, 4.69) is 10.9 Å². The van der Waals surface area contributed by atoms with Crippen LogP contribution in [0, 0.1) is 0 Å². The van der Waals surface area contributed by atoms with Crippen molar-refractivity contribution in [2.75, 3.05) is 6.54 Å². The molecule has 2 N–H and O–H groups in total. The summed E-state index contributed by atoms with van der Waals surface area (Å²) < 4.78 is 2.00. The summed E-state index contributed by atoms with van der Waals surface area (Å²) in [5.74, 6) is 0. The number of urea groups is 1. The van der Waals surface area contributed by atoms with Gasteiger partial charge in [-0.05, 0) is 19.1 Å². The van der Waals surface area contributed by atoms with Gasteiger partial charge in [0.25, 0.3) is 0 Å². The fourth-order valence-corrected chi connectivity index (χ4v) is 1.72. The largest absolute Gasteiger partial charge is 0.352 e. The Balaban J connectivity index is 2.27. The van der Waals surface area contributed by atoms with E-state index in [0.29, 0.717) is 6.54 Å². The molecule has 0 radical (unpaired) electrons. The minimum atomic E-state index is -0.0706. The molecular formula is C9H14N4O. The van der Waals surface area contributed by atoms with E-state index in [1.807, 2.05) is 36.9 Å². The molecule has 14 heavy (non-hydrogen) atoms. The molecule has 0 bridgehead atoms. The van der Waals surface area contributed by atoms with Crippen LogP contribution < -0.4 is 10.9 Å². The molecule has 1 aliphatic heterocycles. The number of carbonyl (C=O) groups excluding carboxylic acids is 1. The van der Waals surface area contributed by atoms with Crippen molar-refractivity contribution >= 4 is 6.03 Å². The second kappa shape index (κ2) is 3.34. The van der Waals surface area contributed by atoms with Crippen molar-refractivity contribution in [2.24, 2.45) is 7.05 Å². The Morgan fingerprint density at radius 1 is 1.57 bits per heavy atom. The van der Waals surface area contributed by atoms with Gasteiger partial charge in [-0.15, -0.1) is 0 Å². The van der Waals surface area contributed by atoms with E-state index in [0.717, 1.165) is 5.69 Å². The number of nitrogens with zero attached hydrogens (tertiary/aromatic N) is 2. The third-order valence-corrected chi connectivity index (χ3v) is 2.49. The maximum absolute atomic E-state index is 11.4. The van der Waals surface area contributed by atoms with E-state index in [-0.39, 0.29) is 12.2 Å². The highest BCUT2D eigenvalue weighted by Crippen LogP contribution is 2.20. The summed E-state index contributed by atoms with van der Waals surface area (Å²) in [7, 11) is 1.97. The second-order valence-corrected chi connectivity index (χ2v) is 3.31. The van der Waals surface area contributed by atoms with Gasteiger partial charge >= 0.3 is 6.03 Å². The lowest BCUT2D eigenvalue weighted by molar-refractivity contribution is 0.203. The summed E-state index contributed by atoms with van der Waals surface area (Å²) in [5.41, 5.74) is 6.64. The summed E-state index contributed by atoms with van der Waals surface area (Å²) >= 11 is 0. The third-order valence-electron chi connectivity index (χ3n) is 2.49. The maximum Gasteiger partial charge on any atom is 0.333 e. The van der Waals surface area contributed by atoms with Gasteiger partial charge in [0, 0.05) is 19.8 Å². The third kappa shape index (κ3) is 1.26. The highest BCUT2D eigenvalue weighted by atomic mass is 16.2. The zero-order chi connectivity index (χ0) is 10.1. The molecule has 1 aromatic heterocycles. The Morgan fingerprint density at radius 2 is 2.36 bits per heavy atom. The number of carbonyl (C=O) groups is 1. The van der Waals surface area contributed by atoms with E-state index in [4.69, 9.17) is 0 Å². The summed E-state index contributed by atoms with van der Waals surface area (Å²) in [6, 6.07) is 3.90. The van der Waals surface area contributed by atoms with E-state index in [1.165, 1.54) is 0 Å². The van der Waals surface area contributed by atoms with Gasteiger partial charge in [-0.25, -0.2) is 10.2 Å². The molecule has 1 fully saturated rings. The Kier molecular flexibility index (Phi) is 2.17. The maximum atomic E-state index is 11.4. The molecule has 76 valence electrons. The first-order chi connectivity index (χ1) is 6.74. The van der Waals surface area contributed by atoms with Crippen LogP contribution >= 0.6 is 0 Å². The van der Waals surface area contributed by atoms with Crippen LogP contribution in [0.1, 0.15) is 18.8 Å². The topological polar surface area (TPSA) is 49.3 Å². The van der Waals surface area contributed by atoms with Crippen molar-refractivity contribution in [3.8, 4) is 0 Å². The van der Waals surface area contributed by atoms with Gasteiger partial charge in [0.2, 0.25) is 0 Å². The lowest BCUT2D eigenvalue weighted by Crippen LogP contribution is -2.30. The Bertz CT molecular complexity index is 346. The monoisotopic (exact) mass is 194 g/mol. The van der Waals surface area contributed by atoms with E-state index in [1.54, 1.807) is 4.90 Å². The average molecular weight is 194 g/mol. The molecule has 0 saturated carbocycles. The zero-order valence-electron chi connectivity index (χ0n) is 8.32. The van der Waals surface area contributed by atoms with Crippen molar-refractivity contribution in [1.82, 2.24) is 20.3 Å². The lowest BCUT2D eigenvalue weighted by Gasteiger charge is -2.21. The predicted octanol–water partition coefficient (Wildman–Crippen LogP) is 0.573. The van der Waals surface area contributed by atoms with Crippen LogP contribution in [0.4, 0.5) is 4.79 Å². The molecule has 1 aromatic rings. The van der Waals surface area contributed by atoms with Crippen molar-refractivity contribution in [3.05, 3.63) is 24.0 Å². The fourth-order valence-electron chi connectivity index (χ4n) is 1.72. The quantitative estimate of drug-likeness (QED) is 0.723. The average Bonchev–Trinajstić information content (AvgIpc) is 2.71. The Labute approximate surface area is 82.7 Å². The summed E-state index contributed by atoms with van der Waals surface area (Å²) in [4.78, 5) is 13.1. The van der Waals surface area contributed by atoms with Crippen LogP contribution in [0.25, 0.3) is 0 Å². The van der Waals surface area contributed by atoms with Crippen LogP contribution in [0.5, 0.6) is 0 Å². The van der Waals surface area contributed by atoms with Crippen LogP contribution in [-0.4, -0.2) is 22.0 Å². The Hall–Kier alpha value is -1.49. The molecule has 0 aliphatic carbocycles. The number of amides is 2. The van der Waals surface area contributed by atoms with E-state index >= 15 is 0 Å². The molecule has 1 unspecified atom stereocenters. The first kappa shape index (κ1) is 9.08. The summed E-state index contributed by atoms with van der Waals surface area (Å²) in [5, 5.41) is 0. The number of hydrogen-bond acceptors (Lipinski definition) is 2. The molecule has 5 nitrogen and oxygen atoms in total. The van der Waals surface area contributed by atoms with Gasteiger partial charge < -0.3 is 9.47 Å². The molecule has 1 aliphatic rings. The molecule has 0 spiro atoms. The zero-order valence-corrected chi connectivity index (χ0v) is 8.32. The lowest BCUT2D eigenvalue weighted by atomic mass is 10.3. The van der Waals surface area contributed by atoms with Gasteiger partial charge in [-0.2, -0.15) is 0 Å².